The minimum Gasteiger partial charge on any atom is -0.477 e. The van der Waals surface area contributed by atoms with Crippen molar-refractivity contribution in [3.63, 3.8) is 0 Å². The summed E-state index contributed by atoms with van der Waals surface area (Å²) in [6.45, 7) is 4.10. The van der Waals surface area contributed by atoms with Crippen LogP contribution in [0.3, 0.4) is 0 Å². The van der Waals surface area contributed by atoms with Crippen LogP contribution < -0.4 is 9.47 Å². The molecule has 0 spiro atoms. The first kappa shape index (κ1) is 20.9. The number of thiazole rings is 1. The summed E-state index contributed by atoms with van der Waals surface area (Å²) in [6.07, 6.45) is 0.114. The lowest BCUT2D eigenvalue weighted by Crippen LogP contribution is -2.36. The van der Waals surface area contributed by atoms with E-state index in [4.69, 9.17) is 14.2 Å². The molecule has 9 heteroatoms. The average molecular weight is 414 g/mol. The van der Waals surface area contributed by atoms with Crippen LogP contribution in [0.15, 0.2) is 12.1 Å². The predicted octanol–water partition coefficient (Wildman–Crippen LogP) is 4.12. The van der Waals surface area contributed by atoms with Crippen molar-refractivity contribution in [2.24, 2.45) is 11.8 Å². The number of halogens is 2. The number of fused-ring (bicyclic) bond motifs is 1. The van der Waals surface area contributed by atoms with E-state index >= 15 is 0 Å². The van der Waals surface area contributed by atoms with Gasteiger partial charge in [0.15, 0.2) is 11.4 Å². The van der Waals surface area contributed by atoms with E-state index in [9.17, 15) is 13.6 Å². The number of hydrogen-bond donors (Lipinski definition) is 0. The molecule has 154 valence electrons. The molecule has 0 aliphatic heterocycles. The fourth-order valence-corrected chi connectivity index (χ4v) is 3.85. The molecule has 0 amide bonds. The summed E-state index contributed by atoms with van der Waals surface area (Å²) in [5.74, 6) is 1.33. The van der Waals surface area contributed by atoms with Gasteiger partial charge >= 0.3 is 0 Å². The van der Waals surface area contributed by atoms with Crippen LogP contribution in [0.5, 0.6) is 11.1 Å². The third kappa shape index (κ3) is 6.07. The summed E-state index contributed by atoms with van der Waals surface area (Å²) in [4.78, 5) is 20.2. The molecule has 28 heavy (non-hydrogen) atoms. The summed E-state index contributed by atoms with van der Waals surface area (Å²) in [6, 6.07) is 3.46. The fraction of sp³-hybridized carbons (Fsp3) is 0.632. The van der Waals surface area contributed by atoms with Crippen molar-refractivity contribution in [2.75, 3.05) is 19.8 Å². The van der Waals surface area contributed by atoms with Gasteiger partial charge in [-0.15, -0.1) is 0 Å². The number of ketones is 1. The Morgan fingerprint density at radius 1 is 1.25 bits per heavy atom. The topological polar surface area (TPSA) is 70.5 Å². The summed E-state index contributed by atoms with van der Waals surface area (Å²) in [7, 11) is 0. The average Bonchev–Trinajstić information content (AvgIpc) is 2.99. The van der Waals surface area contributed by atoms with Crippen LogP contribution in [-0.4, -0.2) is 48.1 Å². The summed E-state index contributed by atoms with van der Waals surface area (Å²) in [5.41, 5.74) is 0.596. The van der Waals surface area contributed by atoms with Gasteiger partial charge in [-0.2, -0.15) is 0 Å². The van der Waals surface area contributed by atoms with Crippen LogP contribution in [0, 0.1) is 11.8 Å². The Bertz CT molecular complexity index is 795. The van der Waals surface area contributed by atoms with Gasteiger partial charge in [0.2, 0.25) is 5.88 Å². The lowest BCUT2D eigenvalue weighted by atomic mass is 9.83. The fourth-order valence-electron chi connectivity index (χ4n) is 3.06. The van der Waals surface area contributed by atoms with E-state index in [-0.39, 0.29) is 23.0 Å². The standard InChI is InChI=1S/C19H24F2N2O4S/c1-11(5-12(2)24)8-25-14-6-13(7-14)9-26-17-4-3-15-18(23-17)28-19(22-15)27-10-16(20)21/h3-4,11,13-14,16H,5-10H2,1-2H3/t11-,13?,14?/m1/s1. The van der Waals surface area contributed by atoms with Crippen molar-refractivity contribution in [1.29, 1.82) is 0 Å². The van der Waals surface area contributed by atoms with Crippen LogP contribution in [0.25, 0.3) is 10.3 Å². The first-order valence-corrected chi connectivity index (χ1v) is 10.1. The van der Waals surface area contributed by atoms with E-state index in [1.54, 1.807) is 19.1 Å². The van der Waals surface area contributed by atoms with Crippen LogP contribution >= 0.6 is 11.3 Å². The molecule has 1 atom stereocenters. The molecule has 0 unspecified atom stereocenters. The van der Waals surface area contributed by atoms with Crippen molar-refractivity contribution >= 4 is 27.5 Å². The Balaban J connectivity index is 1.39. The molecule has 2 heterocycles. The Labute approximate surface area is 166 Å². The second-order valence-corrected chi connectivity index (χ2v) is 8.21. The molecular formula is C19H24F2N2O4S. The van der Waals surface area contributed by atoms with Gasteiger partial charge in [-0.1, -0.05) is 18.3 Å². The van der Waals surface area contributed by atoms with Crippen molar-refractivity contribution in [2.45, 2.75) is 45.6 Å². The maximum Gasteiger partial charge on any atom is 0.276 e. The van der Waals surface area contributed by atoms with Gasteiger partial charge in [-0.05, 0) is 37.7 Å². The summed E-state index contributed by atoms with van der Waals surface area (Å²) < 4.78 is 40.9. The van der Waals surface area contributed by atoms with Gasteiger partial charge in [0.05, 0.1) is 12.7 Å². The number of rotatable bonds is 11. The van der Waals surface area contributed by atoms with Gasteiger partial charge < -0.3 is 19.0 Å². The Kier molecular flexibility index (Phi) is 7.12. The third-order valence-electron chi connectivity index (χ3n) is 4.45. The first-order chi connectivity index (χ1) is 13.4. The van der Waals surface area contributed by atoms with E-state index in [0.717, 1.165) is 24.2 Å². The molecule has 1 saturated carbocycles. The second kappa shape index (κ2) is 9.56. The molecule has 1 aliphatic carbocycles. The van der Waals surface area contributed by atoms with E-state index in [1.165, 1.54) is 0 Å². The number of Topliss-reactive ketones (excluding diaryl/α,β-unsaturated/α-hetero) is 1. The Morgan fingerprint density at radius 3 is 2.75 bits per heavy atom. The Morgan fingerprint density at radius 2 is 2.04 bits per heavy atom. The van der Waals surface area contributed by atoms with Crippen LogP contribution in [0.2, 0.25) is 0 Å². The molecule has 2 aromatic rings. The maximum absolute atomic E-state index is 12.2. The molecule has 0 radical (unpaired) electrons. The number of alkyl halides is 2. The highest BCUT2D eigenvalue weighted by molar-refractivity contribution is 7.19. The molecule has 1 fully saturated rings. The molecular weight excluding hydrogens is 390 g/mol. The summed E-state index contributed by atoms with van der Waals surface area (Å²) >= 11 is 1.12. The van der Waals surface area contributed by atoms with Crippen LogP contribution in [-0.2, 0) is 9.53 Å². The molecule has 0 bridgehead atoms. The molecule has 0 N–H and O–H groups in total. The zero-order valence-corrected chi connectivity index (χ0v) is 16.7. The molecule has 3 rings (SSSR count). The number of carbonyl (C=O) groups excluding carboxylic acids is 1. The van der Waals surface area contributed by atoms with Crippen molar-refractivity contribution < 1.29 is 27.8 Å². The number of hydrogen-bond acceptors (Lipinski definition) is 7. The molecule has 0 aromatic carbocycles. The van der Waals surface area contributed by atoms with Gasteiger partial charge in [0.1, 0.15) is 11.3 Å². The molecule has 6 nitrogen and oxygen atoms in total. The minimum atomic E-state index is -2.54. The van der Waals surface area contributed by atoms with Crippen LogP contribution in [0.4, 0.5) is 8.78 Å². The number of carbonyl (C=O) groups is 1. The highest BCUT2D eigenvalue weighted by atomic mass is 32.1. The van der Waals surface area contributed by atoms with Crippen molar-refractivity contribution in [3.05, 3.63) is 12.1 Å². The molecule has 0 saturated heterocycles. The highest BCUT2D eigenvalue weighted by Crippen LogP contribution is 2.32. The van der Waals surface area contributed by atoms with Crippen LogP contribution in [0.1, 0.15) is 33.1 Å². The largest absolute Gasteiger partial charge is 0.477 e. The minimum absolute atomic E-state index is 0.179. The monoisotopic (exact) mass is 414 g/mol. The predicted molar refractivity (Wildman–Crippen MR) is 101 cm³/mol. The van der Waals surface area contributed by atoms with Gasteiger partial charge in [-0.25, -0.2) is 18.7 Å². The number of ether oxygens (including phenoxy) is 3. The van der Waals surface area contributed by atoms with E-state index < -0.39 is 13.0 Å². The zero-order valence-electron chi connectivity index (χ0n) is 15.9. The number of aromatic nitrogens is 2. The normalized spacial score (nSPS) is 20.2. The van der Waals surface area contributed by atoms with E-state index in [1.807, 2.05) is 6.92 Å². The van der Waals surface area contributed by atoms with Crippen molar-refractivity contribution in [1.82, 2.24) is 9.97 Å². The number of pyridine rings is 1. The SMILES string of the molecule is CC(=O)C[C@@H](C)COC1CC(COc2ccc3nc(OCC(F)F)sc3n2)C1. The molecule has 1 aliphatic rings. The third-order valence-corrected chi connectivity index (χ3v) is 5.33. The smallest absolute Gasteiger partial charge is 0.276 e. The zero-order chi connectivity index (χ0) is 20.1. The van der Waals surface area contributed by atoms with Crippen molar-refractivity contribution in [3.8, 4) is 11.1 Å². The highest BCUT2D eigenvalue weighted by Gasteiger charge is 2.30. The van der Waals surface area contributed by atoms with E-state index in [2.05, 4.69) is 9.97 Å². The lowest BCUT2D eigenvalue weighted by molar-refractivity contribution is -0.119. The van der Waals surface area contributed by atoms with Gasteiger partial charge in [-0.3, -0.25) is 0 Å². The van der Waals surface area contributed by atoms with Gasteiger partial charge in [0.25, 0.3) is 11.6 Å². The maximum atomic E-state index is 12.2. The quantitative estimate of drug-likeness (QED) is 0.551. The van der Waals surface area contributed by atoms with E-state index in [0.29, 0.717) is 41.8 Å². The lowest BCUT2D eigenvalue weighted by Gasteiger charge is -2.35. The van der Waals surface area contributed by atoms with Gasteiger partial charge in [0, 0.05) is 19.1 Å². The Hall–Kier alpha value is -1.87. The second-order valence-electron chi connectivity index (χ2n) is 7.27. The molecule has 2 aromatic heterocycles. The number of nitrogens with zero attached hydrogens (tertiary/aromatic N) is 2. The summed E-state index contributed by atoms with van der Waals surface area (Å²) in [5, 5.41) is 0.179. The first-order valence-electron chi connectivity index (χ1n) is 9.31.